The zero-order chi connectivity index (χ0) is 9.14. The smallest absolute Gasteiger partial charge is 0.404 e. The maximum atomic E-state index is 10.4. The Balaban J connectivity index is 2.46. The van der Waals surface area contributed by atoms with Crippen LogP contribution in [0.4, 0.5) is 4.79 Å². The molecule has 0 radical (unpaired) electrons. The van der Waals surface area contributed by atoms with Crippen molar-refractivity contribution in [2.45, 2.75) is 37.5 Å². The van der Waals surface area contributed by atoms with Gasteiger partial charge in [0.1, 0.15) is 12.2 Å². The summed E-state index contributed by atoms with van der Waals surface area (Å²) in [6, 6.07) is -0.303. The lowest BCUT2D eigenvalue weighted by atomic mass is 9.91. The van der Waals surface area contributed by atoms with Gasteiger partial charge in [0.2, 0.25) is 0 Å². The normalized spacial score (nSPS) is 36.0. The van der Waals surface area contributed by atoms with Crippen molar-refractivity contribution in [1.29, 1.82) is 0 Å². The molecule has 1 aliphatic rings. The average molecular weight is 174 g/mol. The number of ether oxygens (including phenoxy) is 1. The van der Waals surface area contributed by atoms with E-state index in [1.807, 2.05) is 0 Å². The Bertz CT molecular complexity index is 174. The van der Waals surface area contributed by atoms with Gasteiger partial charge in [-0.25, -0.2) is 4.79 Å². The Kier molecular flexibility index (Phi) is 2.88. The van der Waals surface area contributed by atoms with Gasteiger partial charge in [-0.2, -0.15) is 0 Å². The minimum atomic E-state index is -0.854. The lowest BCUT2D eigenvalue weighted by Crippen LogP contribution is -2.48. The van der Waals surface area contributed by atoms with E-state index in [4.69, 9.17) is 11.5 Å². The molecule has 0 saturated heterocycles. The highest BCUT2D eigenvalue weighted by atomic mass is 16.6. The van der Waals surface area contributed by atoms with Crippen LogP contribution in [0.15, 0.2) is 0 Å². The van der Waals surface area contributed by atoms with E-state index >= 15 is 0 Å². The highest BCUT2D eigenvalue weighted by Gasteiger charge is 2.31. The molecule has 3 unspecified atom stereocenters. The van der Waals surface area contributed by atoms with Gasteiger partial charge >= 0.3 is 6.09 Å². The van der Waals surface area contributed by atoms with E-state index in [9.17, 15) is 9.90 Å². The predicted octanol–water partition coefficient (Wildman–Crippen LogP) is -0.678. The molecule has 3 atom stereocenters. The maximum absolute atomic E-state index is 10.4. The van der Waals surface area contributed by atoms with E-state index in [1.54, 1.807) is 0 Å². The van der Waals surface area contributed by atoms with E-state index in [0.29, 0.717) is 6.42 Å². The van der Waals surface area contributed by atoms with Crippen LogP contribution in [0.2, 0.25) is 0 Å². The summed E-state index contributed by atoms with van der Waals surface area (Å²) in [7, 11) is 0. The number of hydrogen-bond donors (Lipinski definition) is 3. The number of rotatable bonds is 1. The van der Waals surface area contributed by atoms with Crippen LogP contribution in [0.25, 0.3) is 0 Å². The third-order valence-corrected chi connectivity index (χ3v) is 2.11. The number of nitrogens with two attached hydrogens (primary N) is 2. The number of aliphatic hydroxyl groups excluding tert-OH is 1. The summed E-state index contributed by atoms with van der Waals surface area (Å²) in [4.78, 5) is 10.4. The summed E-state index contributed by atoms with van der Waals surface area (Å²) in [6.45, 7) is 0. The second kappa shape index (κ2) is 3.73. The molecule has 12 heavy (non-hydrogen) atoms. The predicted molar refractivity (Wildman–Crippen MR) is 42.3 cm³/mol. The van der Waals surface area contributed by atoms with Gasteiger partial charge in [-0.05, 0) is 19.3 Å². The lowest BCUT2D eigenvalue weighted by Gasteiger charge is -2.31. The molecule has 0 spiro atoms. The Morgan fingerprint density at radius 3 is 2.75 bits per heavy atom. The molecule has 0 bridgehead atoms. The van der Waals surface area contributed by atoms with Gasteiger partial charge in [0, 0.05) is 6.04 Å². The molecule has 1 rings (SSSR count). The standard InChI is InChI=1S/C7H14N2O3/c8-4-2-1-3-5(6(4)10)12-7(9)11/h4-6,10H,1-3,8H2,(H2,9,11). The van der Waals surface area contributed by atoms with E-state index in [-0.39, 0.29) is 6.04 Å². The maximum Gasteiger partial charge on any atom is 0.404 e. The van der Waals surface area contributed by atoms with Gasteiger partial charge in [-0.1, -0.05) is 0 Å². The van der Waals surface area contributed by atoms with Crippen molar-refractivity contribution in [3.8, 4) is 0 Å². The molecule has 1 saturated carbocycles. The third kappa shape index (κ3) is 2.09. The molecular weight excluding hydrogens is 160 g/mol. The average Bonchev–Trinajstić information content (AvgIpc) is 1.98. The van der Waals surface area contributed by atoms with E-state index < -0.39 is 18.3 Å². The number of carbonyl (C=O) groups is 1. The first kappa shape index (κ1) is 9.28. The molecule has 0 heterocycles. The van der Waals surface area contributed by atoms with Gasteiger partial charge in [0.25, 0.3) is 0 Å². The van der Waals surface area contributed by atoms with E-state index in [0.717, 1.165) is 12.8 Å². The summed E-state index contributed by atoms with van der Waals surface area (Å²) in [5.41, 5.74) is 10.4. The van der Waals surface area contributed by atoms with E-state index in [1.165, 1.54) is 0 Å². The van der Waals surface area contributed by atoms with Crippen LogP contribution >= 0.6 is 0 Å². The second-order valence-corrected chi connectivity index (χ2v) is 3.06. The quantitative estimate of drug-likeness (QED) is 0.490. The highest BCUT2D eigenvalue weighted by molar-refractivity contribution is 5.64. The minimum Gasteiger partial charge on any atom is -0.444 e. The summed E-state index contributed by atoms with van der Waals surface area (Å²) in [5, 5.41) is 9.43. The van der Waals surface area contributed by atoms with Gasteiger partial charge in [0.15, 0.2) is 0 Å². The first-order chi connectivity index (χ1) is 5.61. The van der Waals surface area contributed by atoms with Crippen LogP contribution in [0.5, 0.6) is 0 Å². The third-order valence-electron chi connectivity index (χ3n) is 2.11. The SMILES string of the molecule is NC(=O)OC1CCCC(N)C1O. The molecule has 5 N–H and O–H groups in total. The Labute approximate surface area is 70.7 Å². The monoisotopic (exact) mass is 174 g/mol. The van der Waals surface area contributed by atoms with Crippen molar-refractivity contribution in [1.82, 2.24) is 0 Å². The molecule has 1 amide bonds. The van der Waals surface area contributed by atoms with Crippen LogP contribution in [0.1, 0.15) is 19.3 Å². The fourth-order valence-electron chi connectivity index (χ4n) is 1.45. The molecule has 0 aliphatic heterocycles. The number of primary amides is 1. The van der Waals surface area contributed by atoms with Gasteiger partial charge in [-0.15, -0.1) is 0 Å². The first-order valence-electron chi connectivity index (χ1n) is 4.01. The second-order valence-electron chi connectivity index (χ2n) is 3.06. The fourth-order valence-corrected chi connectivity index (χ4v) is 1.45. The van der Waals surface area contributed by atoms with Gasteiger partial charge in [0.05, 0.1) is 0 Å². The van der Waals surface area contributed by atoms with Crippen LogP contribution in [-0.2, 0) is 4.74 Å². The summed E-state index contributed by atoms with van der Waals surface area (Å²) in [5.74, 6) is 0. The van der Waals surface area contributed by atoms with Crippen molar-refractivity contribution in [2.75, 3.05) is 0 Å². The van der Waals surface area contributed by atoms with Crippen molar-refractivity contribution in [2.24, 2.45) is 11.5 Å². The molecule has 5 nitrogen and oxygen atoms in total. The molecule has 5 heteroatoms. The molecule has 0 aromatic carbocycles. The van der Waals surface area contributed by atoms with Crippen molar-refractivity contribution < 1.29 is 14.6 Å². The molecule has 0 aromatic rings. The Hall–Kier alpha value is -0.810. The first-order valence-corrected chi connectivity index (χ1v) is 4.01. The Morgan fingerprint density at radius 1 is 1.50 bits per heavy atom. The highest BCUT2D eigenvalue weighted by Crippen LogP contribution is 2.20. The zero-order valence-corrected chi connectivity index (χ0v) is 6.77. The van der Waals surface area contributed by atoms with Crippen LogP contribution in [0, 0.1) is 0 Å². The zero-order valence-electron chi connectivity index (χ0n) is 6.77. The van der Waals surface area contributed by atoms with E-state index in [2.05, 4.69) is 4.74 Å². The Morgan fingerprint density at radius 2 is 2.17 bits per heavy atom. The topological polar surface area (TPSA) is 98.6 Å². The van der Waals surface area contributed by atoms with Crippen LogP contribution < -0.4 is 11.5 Å². The molecular formula is C7H14N2O3. The summed E-state index contributed by atoms with van der Waals surface area (Å²) >= 11 is 0. The van der Waals surface area contributed by atoms with Gasteiger partial charge < -0.3 is 21.3 Å². The molecule has 0 aromatic heterocycles. The molecule has 1 aliphatic carbocycles. The van der Waals surface area contributed by atoms with Crippen LogP contribution in [0.3, 0.4) is 0 Å². The largest absolute Gasteiger partial charge is 0.444 e. The van der Waals surface area contributed by atoms with Crippen LogP contribution in [-0.4, -0.2) is 29.4 Å². The molecule has 70 valence electrons. The number of amides is 1. The van der Waals surface area contributed by atoms with Crippen molar-refractivity contribution in [3.63, 3.8) is 0 Å². The van der Waals surface area contributed by atoms with Crippen molar-refractivity contribution in [3.05, 3.63) is 0 Å². The summed E-state index contributed by atoms with van der Waals surface area (Å²) < 4.78 is 4.68. The fraction of sp³-hybridized carbons (Fsp3) is 0.857. The summed E-state index contributed by atoms with van der Waals surface area (Å²) in [6.07, 6.45) is 0.110. The van der Waals surface area contributed by atoms with Crippen molar-refractivity contribution >= 4 is 6.09 Å². The minimum absolute atomic E-state index is 0.303. The number of aliphatic hydroxyl groups is 1. The molecule has 1 fully saturated rings. The number of carbonyl (C=O) groups excluding carboxylic acids is 1. The van der Waals surface area contributed by atoms with Gasteiger partial charge in [-0.3, -0.25) is 0 Å². The number of hydrogen-bond acceptors (Lipinski definition) is 4. The lowest BCUT2D eigenvalue weighted by molar-refractivity contribution is -0.0284.